The van der Waals surface area contributed by atoms with Crippen LogP contribution in [0, 0.1) is 19.3 Å². The number of imide groups is 1. The molecule has 0 aromatic heterocycles. The first kappa shape index (κ1) is 20.6. The Hall–Kier alpha value is -3.15. The Kier molecular flexibility index (Phi) is 5.46. The number of carboxylic acid groups (broad SMARTS) is 1. The second-order valence-corrected chi connectivity index (χ2v) is 8.04. The molecular weight excluding hydrogens is 370 g/mol. The fourth-order valence-corrected chi connectivity index (χ4v) is 3.38. The summed E-state index contributed by atoms with van der Waals surface area (Å²) >= 11 is 0. The first-order chi connectivity index (χ1) is 13.6. The van der Waals surface area contributed by atoms with E-state index < -0.39 is 11.4 Å². The number of anilines is 1. The van der Waals surface area contributed by atoms with Crippen LogP contribution in [-0.4, -0.2) is 29.5 Å². The number of ether oxygens (including phenoxy) is 1. The molecule has 1 N–H and O–H groups in total. The van der Waals surface area contributed by atoms with Gasteiger partial charge in [-0.25, -0.2) is 4.90 Å². The minimum absolute atomic E-state index is 0.322. The molecule has 0 saturated carbocycles. The van der Waals surface area contributed by atoms with Crippen molar-refractivity contribution < 1.29 is 24.2 Å². The smallest absolute Gasteiger partial charge is 0.309 e. The van der Waals surface area contributed by atoms with Gasteiger partial charge in [-0.15, -0.1) is 0 Å². The summed E-state index contributed by atoms with van der Waals surface area (Å²) in [5.74, 6) is -0.804. The first-order valence-electron chi connectivity index (χ1n) is 9.59. The van der Waals surface area contributed by atoms with Crippen molar-refractivity contribution in [3.05, 3.63) is 58.7 Å². The highest BCUT2D eigenvalue weighted by molar-refractivity contribution is 6.34. The van der Waals surface area contributed by atoms with Gasteiger partial charge in [0.05, 0.1) is 28.8 Å². The molecule has 2 aromatic rings. The average molecular weight is 395 g/mol. The Morgan fingerprint density at radius 1 is 1.03 bits per heavy atom. The van der Waals surface area contributed by atoms with E-state index in [9.17, 15) is 19.5 Å². The molecule has 0 bridgehead atoms. The molecule has 0 fully saturated rings. The van der Waals surface area contributed by atoms with Crippen LogP contribution in [0.15, 0.2) is 36.4 Å². The maximum Gasteiger partial charge on any atom is 0.309 e. The normalized spacial score (nSPS) is 13.6. The van der Waals surface area contributed by atoms with Gasteiger partial charge in [0.1, 0.15) is 5.75 Å². The lowest BCUT2D eigenvalue weighted by Crippen LogP contribution is -2.30. The van der Waals surface area contributed by atoms with Crippen molar-refractivity contribution in [2.24, 2.45) is 5.41 Å². The lowest BCUT2D eigenvalue weighted by atomic mass is 9.88. The van der Waals surface area contributed by atoms with Crippen molar-refractivity contribution in [1.82, 2.24) is 0 Å². The Morgan fingerprint density at radius 3 is 2.17 bits per heavy atom. The summed E-state index contributed by atoms with van der Waals surface area (Å²) in [7, 11) is 0. The summed E-state index contributed by atoms with van der Waals surface area (Å²) in [5, 5.41) is 9.18. The van der Waals surface area contributed by atoms with Gasteiger partial charge in [0.25, 0.3) is 11.8 Å². The Balaban J connectivity index is 1.75. The first-order valence-corrected chi connectivity index (χ1v) is 9.59. The molecule has 0 unspecified atom stereocenters. The van der Waals surface area contributed by atoms with Crippen LogP contribution in [0.3, 0.4) is 0 Å². The van der Waals surface area contributed by atoms with Crippen LogP contribution in [0.1, 0.15) is 58.5 Å². The number of carboxylic acids is 1. The predicted octanol–water partition coefficient (Wildman–Crippen LogP) is 4.37. The zero-order valence-electron chi connectivity index (χ0n) is 17.1. The van der Waals surface area contributed by atoms with E-state index in [1.165, 1.54) is 4.90 Å². The number of rotatable bonds is 7. The van der Waals surface area contributed by atoms with E-state index in [1.807, 2.05) is 19.9 Å². The molecule has 2 aromatic carbocycles. The van der Waals surface area contributed by atoms with Crippen LogP contribution in [0.2, 0.25) is 0 Å². The van der Waals surface area contributed by atoms with Crippen LogP contribution in [0.5, 0.6) is 5.75 Å². The van der Waals surface area contributed by atoms with E-state index in [1.54, 1.807) is 44.2 Å². The van der Waals surface area contributed by atoms with Gasteiger partial charge in [0.2, 0.25) is 0 Å². The van der Waals surface area contributed by atoms with Gasteiger partial charge in [0, 0.05) is 0 Å². The van der Waals surface area contributed by atoms with Crippen molar-refractivity contribution >= 4 is 23.5 Å². The van der Waals surface area contributed by atoms with Crippen LogP contribution < -0.4 is 9.64 Å². The molecule has 0 spiro atoms. The second kappa shape index (κ2) is 7.70. The molecule has 6 nitrogen and oxygen atoms in total. The number of carbonyl (C=O) groups is 3. The lowest BCUT2D eigenvalue weighted by Gasteiger charge is -2.21. The fraction of sp³-hybridized carbons (Fsp3) is 0.348. The van der Waals surface area contributed by atoms with Crippen molar-refractivity contribution in [2.75, 3.05) is 11.5 Å². The topological polar surface area (TPSA) is 83.9 Å². The summed E-state index contributed by atoms with van der Waals surface area (Å²) in [6, 6.07) is 10.4. The van der Waals surface area contributed by atoms with Crippen LogP contribution >= 0.6 is 0 Å². The Labute approximate surface area is 170 Å². The van der Waals surface area contributed by atoms with Crippen molar-refractivity contribution in [1.29, 1.82) is 0 Å². The maximum absolute atomic E-state index is 12.7. The maximum atomic E-state index is 12.7. The summed E-state index contributed by atoms with van der Waals surface area (Å²) < 4.78 is 5.84. The SMILES string of the molecule is Cc1cc(N2C(=O)c3ccccc3C2=O)c(C)cc1OCCCC(C)(C)C(=O)O. The third-order valence-corrected chi connectivity index (χ3v) is 5.31. The number of hydrogen-bond acceptors (Lipinski definition) is 4. The highest BCUT2D eigenvalue weighted by Gasteiger charge is 2.37. The van der Waals surface area contributed by atoms with Gasteiger partial charge in [-0.2, -0.15) is 0 Å². The molecule has 29 heavy (non-hydrogen) atoms. The number of nitrogens with zero attached hydrogens (tertiary/aromatic N) is 1. The highest BCUT2D eigenvalue weighted by atomic mass is 16.5. The van der Waals surface area contributed by atoms with Crippen LogP contribution in [0.4, 0.5) is 5.69 Å². The number of benzene rings is 2. The van der Waals surface area contributed by atoms with E-state index in [0.717, 1.165) is 11.1 Å². The summed E-state index contributed by atoms with van der Waals surface area (Å²) in [6.45, 7) is 7.48. The molecule has 0 saturated heterocycles. The number of aliphatic carboxylic acids is 1. The average Bonchev–Trinajstić information content (AvgIpc) is 2.92. The third kappa shape index (κ3) is 3.88. The predicted molar refractivity (Wildman–Crippen MR) is 110 cm³/mol. The number of fused-ring (bicyclic) bond motifs is 1. The molecule has 1 aliphatic rings. The molecule has 0 aliphatic carbocycles. The zero-order chi connectivity index (χ0) is 21.3. The van der Waals surface area contributed by atoms with Crippen molar-refractivity contribution in [3.8, 4) is 5.75 Å². The van der Waals surface area contributed by atoms with E-state index in [2.05, 4.69) is 0 Å². The molecule has 152 valence electrons. The number of hydrogen-bond donors (Lipinski definition) is 1. The minimum atomic E-state index is -0.824. The standard InChI is InChI=1S/C23H25NO5/c1-14-13-19(29-11-7-10-23(3,4)22(27)28)15(2)12-18(14)24-20(25)16-8-5-6-9-17(16)21(24)26/h5-6,8-9,12-13H,7,10-11H2,1-4H3,(H,27,28). The van der Waals surface area contributed by atoms with Gasteiger partial charge < -0.3 is 9.84 Å². The summed E-state index contributed by atoms with van der Waals surface area (Å²) in [4.78, 5) is 37.9. The molecule has 3 rings (SSSR count). The van der Waals surface area contributed by atoms with Gasteiger partial charge in [0.15, 0.2) is 0 Å². The van der Waals surface area contributed by atoms with Crippen LogP contribution in [0.25, 0.3) is 0 Å². The summed E-state index contributed by atoms with van der Waals surface area (Å²) in [5.41, 5.74) is 2.15. The zero-order valence-corrected chi connectivity index (χ0v) is 17.1. The Bertz CT molecular complexity index is 958. The Morgan fingerprint density at radius 2 is 1.62 bits per heavy atom. The largest absolute Gasteiger partial charge is 0.493 e. The highest BCUT2D eigenvalue weighted by Crippen LogP contribution is 2.34. The van der Waals surface area contributed by atoms with Crippen molar-refractivity contribution in [3.63, 3.8) is 0 Å². The fourth-order valence-electron chi connectivity index (χ4n) is 3.38. The van der Waals surface area contributed by atoms with Gasteiger partial charge in [-0.05, 0) is 75.9 Å². The molecule has 2 amide bonds. The van der Waals surface area contributed by atoms with E-state index in [0.29, 0.717) is 42.0 Å². The molecule has 1 aliphatic heterocycles. The molecule has 0 atom stereocenters. The number of aryl methyl sites for hydroxylation is 2. The molecular formula is C23H25NO5. The molecule has 0 radical (unpaired) electrons. The number of amides is 2. The van der Waals surface area contributed by atoms with Gasteiger partial charge in [-0.1, -0.05) is 12.1 Å². The lowest BCUT2D eigenvalue weighted by molar-refractivity contribution is -0.147. The monoisotopic (exact) mass is 395 g/mol. The van der Waals surface area contributed by atoms with E-state index in [4.69, 9.17) is 4.74 Å². The van der Waals surface area contributed by atoms with Crippen molar-refractivity contribution in [2.45, 2.75) is 40.5 Å². The summed E-state index contributed by atoms with van der Waals surface area (Å²) in [6.07, 6.45) is 1.12. The second-order valence-electron chi connectivity index (χ2n) is 8.04. The molecule has 6 heteroatoms. The van der Waals surface area contributed by atoms with Crippen LogP contribution in [-0.2, 0) is 4.79 Å². The van der Waals surface area contributed by atoms with Gasteiger partial charge >= 0.3 is 5.97 Å². The van der Waals surface area contributed by atoms with E-state index >= 15 is 0 Å². The number of carbonyl (C=O) groups excluding carboxylic acids is 2. The van der Waals surface area contributed by atoms with Gasteiger partial charge in [-0.3, -0.25) is 14.4 Å². The molecule has 1 heterocycles. The minimum Gasteiger partial charge on any atom is -0.493 e. The quantitative estimate of drug-likeness (QED) is 0.556. The van der Waals surface area contributed by atoms with E-state index in [-0.39, 0.29) is 11.8 Å². The third-order valence-electron chi connectivity index (χ3n) is 5.31.